The maximum Gasteiger partial charge on any atom is 0.145 e. The van der Waals surface area contributed by atoms with Crippen molar-refractivity contribution in [2.75, 3.05) is 18.6 Å². The Balaban J connectivity index is 1.01. The molecule has 0 N–H and O–H groups in total. The first-order chi connectivity index (χ1) is 31.0. The lowest BCUT2D eigenvalue weighted by Crippen LogP contribution is -2.23. The molecule has 11 rings (SSSR count). The van der Waals surface area contributed by atoms with Gasteiger partial charge in [0, 0.05) is 69.9 Å². The van der Waals surface area contributed by atoms with Gasteiger partial charge in [0.25, 0.3) is 0 Å². The molecule has 1 aliphatic rings. The molecule has 6 aromatic carbocycles. The third kappa shape index (κ3) is 6.40. The van der Waals surface area contributed by atoms with Gasteiger partial charge in [-0.05, 0) is 106 Å². The van der Waals surface area contributed by atoms with Crippen molar-refractivity contribution < 1.29 is 4.74 Å². The van der Waals surface area contributed by atoms with E-state index in [0.29, 0.717) is 11.8 Å². The summed E-state index contributed by atoms with van der Waals surface area (Å²) in [5.41, 5.74) is 12.6. The molecular formula is C57H52N6O. The summed E-state index contributed by atoms with van der Waals surface area (Å²) >= 11 is 0. The number of aromatic nitrogens is 4. The van der Waals surface area contributed by atoms with Crippen LogP contribution in [0.25, 0.3) is 66.2 Å². The summed E-state index contributed by atoms with van der Waals surface area (Å²) in [5, 5.41) is 5.68. The van der Waals surface area contributed by atoms with E-state index in [9.17, 15) is 0 Å². The van der Waals surface area contributed by atoms with E-state index in [1.807, 2.05) is 6.20 Å². The molecule has 5 heterocycles. The molecular weight excluding hydrogens is 785 g/mol. The SMILES string of the molecule is CC(C)c1cccc(C(C)C)c1-c1cnc2c3cc(Oc4ccc5c6ccccc6n(-c6cc(C(C)(C)c7cccc(N8C=CN(C)C8)c7)ccn6)c5c4)ccc3c3ccccc3n12. The van der Waals surface area contributed by atoms with Crippen molar-refractivity contribution in [2.45, 2.75) is 58.8 Å². The monoisotopic (exact) mass is 836 g/mol. The molecule has 0 saturated heterocycles. The number of pyridine rings is 2. The van der Waals surface area contributed by atoms with Gasteiger partial charge in [0.05, 0.1) is 35.1 Å². The fraction of sp³-hybridized carbons (Fsp3) is 0.193. The van der Waals surface area contributed by atoms with Crippen molar-refractivity contribution in [3.8, 4) is 28.6 Å². The van der Waals surface area contributed by atoms with Gasteiger partial charge < -0.3 is 14.5 Å². The van der Waals surface area contributed by atoms with Gasteiger partial charge in [0.15, 0.2) is 0 Å². The van der Waals surface area contributed by atoms with Crippen LogP contribution in [0.15, 0.2) is 164 Å². The van der Waals surface area contributed by atoms with Crippen LogP contribution < -0.4 is 9.64 Å². The predicted molar refractivity (Wildman–Crippen MR) is 265 cm³/mol. The van der Waals surface area contributed by atoms with Crippen LogP contribution in [-0.2, 0) is 5.41 Å². The van der Waals surface area contributed by atoms with Crippen LogP contribution in [0.1, 0.15) is 75.6 Å². The Morgan fingerprint density at radius 3 is 1.97 bits per heavy atom. The van der Waals surface area contributed by atoms with E-state index in [0.717, 1.165) is 68.0 Å². The van der Waals surface area contributed by atoms with Crippen LogP contribution in [0.3, 0.4) is 0 Å². The predicted octanol–water partition coefficient (Wildman–Crippen LogP) is 14.3. The molecule has 0 spiro atoms. The number of rotatable bonds is 9. The number of para-hydroxylation sites is 2. The maximum atomic E-state index is 6.85. The number of ether oxygens (including phenoxy) is 1. The van der Waals surface area contributed by atoms with Crippen LogP contribution in [0.5, 0.6) is 11.5 Å². The van der Waals surface area contributed by atoms with Crippen molar-refractivity contribution in [3.63, 3.8) is 0 Å². The van der Waals surface area contributed by atoms with Crippen molar-refractivity contribution in [3.05, 3.63) is 187 Å². The van der Waals surface area contributed by atoms with Crippen molar-refractivity contribution in [1.82, 2.24) is 23.8 Å². The molecule has 0 fully saturated rings. The molecule has 0 radical (unpaired) electrons. The van der Waals surface area contributed by atoms with Crippen LogP contribution in [-0.4, -0.2) is 37.6 Å². The molecule has 10 aromatic rings. The molecule has 1 aliphatic heterocycles. The van der Waals surface area contributed by atoms with Crippen LogP contribution in [0.4, 0.5) is 5.69 Å². The lowest BCUT2D eigenvalue weighted by Gasteiger charge is -2.28. The first-order valence-corrected chi connectivity index (χ1v) is 22.4. The van der Waals surface area contributed by atoms with E-state index in [1.165, 1.54) is 44.3 Å². The standard InChI is InChI=1S/C57H52N6O/c1-36(2)43-18-13-19-44(37(3)4)55(43)53-34-59-56-49-32-41(22-24-45(49)46-16-8-11-21-51(46)63(53)56)64-42-23-25-48-47-17-9-10-20-50(47)62(52(48)33-42)54-31-39(26-27-58-54)57(5,6)38-14-12-15-40(30-38)61-29-28-60(7)35-61/h8-34,36-37H,35H2,1-7H3. The average molecular weight is 837 g/mol. The largest absolute Gasteiger partial charge is 0.457 e. The minimum absolute atomic E-state index is 0.285. The maximum absolute atomic E-state index is 6.85. The highest BCUT2D eigenvalue weighted by Crippen LogP contribution is 2.42. The van der Waals surface area contributed by atoms with Gasteiger partial charge in [-0.3, -0.25) is 8.97 Å². The number of hydrogen-bond donors (Lipinski definition) is 0. The summed E-state index contributed by atoms with van der Waals surface area (Å²) in [4.78, 5) is 14.7. The molecule has 0 atom stereocenters. The quantitative estimate of drug-likeness (QED) is 0.136. The summed E-state index contributed by atoms with van der Waals surface area (Å²) in [6.07, 6.45) is 8.27. The van der Waals surface area contributed by atoms with Crippen molar-refractivity contribution >= 4 is 54.8 Å². The molecule has 64 heavy (non-hydrogen) atoms. The number of fused-ring (bicyclic) bond motifs is 9. The smallest absolute Gasteiger partial charge is 0.145 e. The van der Waals surface area contributed by atoms with Gasteiger partial charge in [0.2, 0.25) is 0 Å². The van der Waals surface area contributed by atoms with E-state index >= 15 is 0 Å². The third-order valence-electron chi connectivity index (χ3n) is 13.4. The molecule has 0 unspecified atom stereocenters. The highest BCUT2D eigenvalue weighted by molar-refractivity contribution is 6.13. The lowest BCUT2D eigenvalue weighted by molar-refractivity contribution is 0.484. The zero-order valence-corrected chi connectivity index (χ0v) is 37.5. The number of anilines is 1. The van der Waals surface area contributed by atoms with Crippen LogP contribution in [0, 0.1) is 0 Å². The van der Waals surface area contributed by atoms with Crippen molar-refractivity contribution in [1.29, 1.82) is 0 Å². The summed E-state index contributed by atoms with van der Waals surface area (Å²) in [5.74, 6) is 3.08. The van der Waals surface area contributed by atoms with Gasteiger partial charge in [-0.15, -0.1) is 0 Å². The van der Waals surface area contributed by atoms with Gasteiger partial charge >= 0.3 is 0 Å². The molecule has 7 heteroatoms. The van der Waals surface area contributed by atoms with E-state index in [-0.39, 0.29) is 5.41 Å². The number of imidazole rings is 1. The topological polar surface area (TPSA) is 50.8 Å². The highest BCUT2D eigenvalue weighted by Gasteiger charge is 2.27. The second kappa shape index (κ2) is 15.2. The Bertz CT molecular complexity index is 3450. The molecule has 0 saturated carbocycles. The van der Waals surface area contributed by atoms with Crippen molar-refractivity contribution in [2.24, 2.45) is 0 Å². The minimum Gasteiger partial charge on any atom is -0.457 e. The molecule has 0 amide bonds. The van der Waals surface area contributed by atoms with E-state index in [2.05, 4.69) is 225 Å². The fourth-order valence-corrected chi connectivity index (χ4v) is 9.97. The van der Waals surface area contributed by atoms with Gasteiger partial charge in [0.1, 0.15) is 23.0 Å². The zero-order chi connectivity index (χ0) is 43.9. The summed E-state index contributed by atoms with van der Waals surface area (Å²) < 4.78 is 11.5. The normalized spacial score (nSPS) is 13.3. The van der Waals surface area contributed by atoms with Gasteiger partial charge in [-0.25, -0.2) is 9.97 Å². The van der Waals surface area contributed by atoms with Crippen LogP contribution >= 0.6 is 0 Å². The zero-order valence-electron chi connectivity index (χ0n) is 37.5. The van der Waals surface area contributed by atoms with E-state index in [1.54, 1.807) is 0 Å². The number of nitrogens with zero attached hydrogens (tertiary/aromatic N) is 6. The first-order valence-electron chi connectivity index (χ1n) is 22.4. The third-order valence-corrected chi connectivity index (χ3v) is 13.4. The minimum atomic E-state index is -0.285. The second-order valence-corrected chi connectivity index (χ2v) is 18.5. The number of benzene rings is 6. The Morgan fingerprint density at radius 1 is 0.578 bits per heavy atom. The Morgan fingerprint density at radius 2 is 1.23 bits per heavy atom. The molecule has 0 aliphatic carbocycles. The summed E-state index contributed by atoms with van der Waals surface area (Å²) in [6.45, 7) is 14.6. The Kier molecular flexibility index (Phi) is 9.35. The average Bonchev–Trinajstić information content (AvgIpc) is 4.04. The summed E-state index contributed by atoms with van der Waals surface area (Å²) in [7, 11) is 2.10. The second-order valence-electron chi connectivity index (χ2n) is 18.5. The lowest BCUT2D eigenvalue weighted by atomic mass is 9.78. The Hall–Kier alpha value is -7.38. The fourth-order valence-electron chi connectivity index (χ4n) is 9.97. The molecule has 4 aromatic heterocycles. The molecule has 0 bridgehead atoms. The van der Waals surface area contributed by atoms with E-state index in [4.69, 9.17) is 14.7 Å². The molecule has 316 valence electrons. The van der Waals surface area contributed by atoms with Gasteiger partial charge in [-0.1, -0.05) is 108 Å². The summed E-state index contributed by atoms with van der Waals surface area (Å²) in [6, 6.07) is 50.2. The van der Waals surface area contributed by atoms with Gasteiger partial charge in [-0.2, -0.15) is 0 Å². The molecule has 7 nitrogen and oxygen atoms in total. The van der Waals surface area contributed by atoms with Crippen LogP contribution in [0.2, 0.25) is 0 Å². The number of hydrogen-bond acceptors (Lipinski definition) is 5. The van der Waals surface area contributed by atoms with E-state index < -0.39 is 0 Å². The Labute approximate surface area is 374 Å². The first kappa shape index (κ1) is 39.5. The highest BCUT2D eigenvalue weighted by atomic mass is 16.5.